The first-order valence-electron chi connectivity index (χ1n) is 8.63. The third-order valence-electron chi connectivity index (χ3n) is 5.41. The smallest absolute Gasteiger partial charge is 0.0478 e. The van der Waals surface area contributed by atoms with Gasteiger partial charge in [0.15, 0.2) is 0 Å². The molecule has 1 aromatic carbocycles. The molecule has 0 spiro atoms. The molecular weight excluding hydrogens is 256 g/mol. The highest BCUT2D eigenvalue weighted by Crippen LogP contribution is 2.41. The van der Waals surface area contributed by atoms with Crippen LogP contribution in [0.25, 0.3) is 0 Å². The van der Waals surface area contributed by atoms with Crippen LogP contribution in [0.4, 0.5) is 0 Å². The predicted molar refractivity (Wildman–Crippen MR) is 89.6 cm³/mol. The van der Waals surface area contributed by atoms with Gasteiger partial charge in [0, 0.05) is 24.7 Å². The highest BCUT2D eigenvalue weighted by atomic mass is 15.2. The van der Waals surface area contributed by atoms with Gasteiger partial charge in [-0.15, -0.1) is 0 Å². The summed E-state index contributed by atoms with van der Waals surface area (Å²) < 4.78 is 0. The number of hydrogen-bond acceptors (Lipinski definition) is 2. The topological polar surface area (TPSA) is 15.3 Å². The van der Waals surface area contributed by atoms with Crippen LogP contribution in [0.3, 0.4) is 0 Å². The molecular formula is C19H30N2. The zero-order chi connectivity index (χ0) is 15.0. The largest absolute Gasteiger partial charge is 0.312 e. The highest BCUT2D eigenvalue weighted by molar-refractivity contribution is 5.36. The van der Waals surface area contributed by atoms with Crippen LogP contribution < -0.4 is 5.32 Å². The Morgan fingerprint density at radius 2 is 1.86 bits per heavy atom. The van der Waals surface area contributed by atoms with E-state index in [9.17, 15) is 0 Å². The number of fused-ring (bicyclic) bond motifs is 1. The summed E-state index contributed by atoms with van der Waals surface area (Å²) in [5.41, 5.74) is 3.06. The maximum Gasteiger partial charge on any atom is 0.0478 e. The second kappa shape index (κ2) is 6.10. The van der Waals surface area contributed by atoms with Crippen LogP contribution in [0.1, 0.15) is 63.1 Å². The predicted octanol–water partition coefficient (Wildman–Crippen LogP) is 3.94. The van der Waals surface area contributed by atoms with Crippen molar-refractivity contribution in [3.8, 4) is 0 Å². The molecule has 116 valence electrons. The summed E-state index contributed by atoms with van der Waals surface area (Å²) in [6.07, 6.45) is 4.14. The van der Waals surface area contributed by atoms with E-state index in [-0.39, 0.29) is 0 Å². The van der Waals surface area contributed by atoms with Gasteiger partial charge < -0.3 is 5.32 Å². The van der Waals surface area contributed by atoms with E-state index in [4.69, 9.17) is 0 Å². The van der Waals surface area contributed by atoms with Gasteiger partial charge in [-0.2, -0.15) is 0 Å². The quantitative estimate of drug-likeness (QED) is 0.882. The van der Waals surface area contributed by atoms with E-state index in [0.29, 0.717) is 24.0 Å². The van der Waals surface area contributed by atoms with Gasteiger partial charge in [0.05, 0.1) is 0 Å². The molecule has 21 heavy (non-hydrogen) atoms. The van der Waals surface area contributed by atoms with Crippen molar-refractivity contribution in [3.05, 3.63) is 35.4 Å². The Labute approximate surface area is 129 Å². The lowest BCUT2D eigenvalue weighted by atomic mass is 9.77. The summed E-state index contributed by atoms with van der Waals surface area (Å²) >= 11 is 0. The molecule has 3 rings (SSSR count). The average molecular weight is 286 g/mol. The Balaban J connectivity index is 1.90. The van der Waals surface area contributed by atoms with Crippen molar-refractivity contribution in [1.29, 1.82) is 0 Å². The fraction of sp³-hybridized carbons (Fsp3) is 0.684. The molecule has 1 fully saturated rings. The normalized spacial score (nSPS) is 29.0. The van der Waals surface area contributed by atoms with E-state index in [0.717, 1.165) is 5.92 Å². The molecule has 0 saturated heterocycles. The molecule has 0 amide bonds. The van der Waals surface area contributed by atoms with Gasteiger partial charge in [-0.25, -0.2) is 0 Å². The van der Waals surface area contributed by atoms with Crippen molar-refractivity contribution >= 4 is 0 Å². The summed E-state index contributed by atoms with van der Waals surface area (Å²) in [5.74, 6) is 1.62. The van der Waals surface area contributed by atoms with Crippen LogP contribution in [0.5, 0.6) is 0 Å². The van der Waals surface area contributed by atoms with Crippen molar-refractivity contribution in [2.45, 2.75) is 64.1 Å². The maximum absolute atomic E-state index is 3.62. The van der Waals surface area contributed by atoms with E-state index >= 15 is 0 Å². The molecule has 1 aromatic rings. The Hall–Kier alpha value is -0.860. The minimum atomic E-state index is 0.471. The average Bonchev–Trinajstić information content (AvgIpc) is 3.28. The van der Waals surface area contributed by atoms with Crippen LogP contribution in [0.15, 0.2) is 24.3 Å². The van der Waals surface area contributed by atoms with E-state index in [2.05, 4.69) is 62.3 Å². The van der Waals surface area contributed by atoms with Gasteiger partial charge in [0.25, 0.3) is 0 Å². The first-order valence-corrected chi connectivity index (χ1v) is 8.63. The summed E-state index contributed by atoms with van der Waals surface area (Å²) in [6, 6.07) is 10.8. The second-order valence-corrected chi connectivity index (χ2v) is 7.33. The third kappa shape index (κ3) is 3.02. The Kier molecular flexibility index (Phi) is 4.37. The number of rotatable bonds is 5. The number of hydrogen-bond donors (Lipinski definition) is 1. The molecule has 0 bridgehead atoms. The van der Waals surface area contributed by atoms with E-state index in [1.807, 2.05) is 0 Å². The number of likely N-dealkylation sites (N-methyl/N-ethyl adjacent to an activating group) is 1. The first kappa shape index (κ1) is 15.1. The van der Waals surface area contributed by atoms with Gasteiger partial charge in [-0.1, -0.05) is 31.2 Å². The Morgan fingerprint density at radius 3 is 2.43 bits per heavy atom. The second-order valence-electron chi connectivity index (χ2n) is 7.33. The lowest BCUT2D eigenvalue weighted by Crippen LogP contribution is -2.50. The summed E-state index contributed by atoms with van der Waals surface area (Å²) in [7, 11) is 2.13. The fourth-order valence-corrected chi connectivity index (χ4v) is 4.08. The molecule has 0 aliphatic heterocycles. The van der Waals surface area contributed by atoms with Crippen molar-refractivity contribution in [3.63, 3.8) is 0 Å². The van der Waals surface area contributed by atoms with Crippen LogP contribution in [-0.4, -0.2) is 30.6 Å². The maximum atomic E-state index is 3.62. The van der Waals surface area contributed by atoms with E-state index in [1.54, 1.807) is 5.56 Å². The molecule has 2 aliphatic rings. The number of nitrogens with one attached hydrogen (secondary N) is 1. The standard InChI is InChI=1S/C19H30N2/c1-13(2)21(12-15-9-10-15)18-11-14(3)16-7-5-6-8-17(16)19(18)20-4/h5-8,13-15,18-20H,9-12H2,1-4H3. The molecule has 2 aliphatic carbocycles. The molecule has 0 aromatic heterocycles. The van der Waals surface area contributed by atoms with Crippen LogP contribution in [-0.2, 0) is 0 Å². The lowest BCUT2D eigenvalue weighted by molar-refractivity contribution is 0.0975. The van der Waals surface area contributed by atoms with Crippen molar-refractivity contribution in [2.75, 3.05) is 13.6 Å². The summed E-state index contributed by atoms with van der Waals surface area (Å²) in [5, 5.41) is 3.62. The van der Waals surface area contributed by atoms with Gasteiger partial charge in [-0.05, 0) is 63.1 Å². The van der Waals surface area contributed by atoms with Crippen LogP contribution >= 0.6 is 0 Å². The van der Waals surface area contributed by atoms with E-state index in [1.165, 1.54) is 31.4 Å². The van der Waals surface area contributed by atoms with Crippen LogP contribution in [0.2, 0.25) is 0 Å². The van der Waals surface area contributed by atoms with Gasteiger partial charge >= 0.3 is 0 Å². The molecule has 0 radical (unpaired) electrons. The van der Waals surface area contributed by atoms with E-state index < -0.39 is 0 Å². The zero-order valence-electron chi connectivity index (χ0n) is 14.0. The molecule has 2 heteroatoms. The monoisotopic (exact) mass is 286 g/mol. The molecule has 0 heterocycles. The lowest BCUT2D eigenvalue weighted by Gasteiger charge is -2.45. The van der Waals surface area contributed by atoms with Crippen molar-refractivity contribution in [1.82, 2.24) is 10.2 Å². The Morgan fingerprint density at radius 1 is 1.19 bits per heavy atom. The first-order chi connectivity index (χ1) is 10.1. The molecule has 3 atom stereocenters. The molecule has 1 saturated carbocycles. The van der Waals surface area contributed by atoms with Crippen molar-refractivity contribution in [2.24, 2.45) is 5.92 Å². The van der Waals surface area contributed by atoms with Gasteiger partial charge in [0.1, 0.15) is 0 Å². The SMILES string of the molecule is CNC1c2ccccc2C(C)CC1N(CC1CC1)C(C)C. The summed E-state index contributed by atoms with van der Waals surface area (Å²) in [6.45, 7) is 8.41. The summed E-state index contributed by atoms with van der Waals surface area (Å²) in [4.78, 5) is 2.77. The van der Waals surface area contributed by atoms with Crippen LogP contribution in [0, 0.1) is 5.92 Å². The molecule has 3 unspecified atom stereocenters. The molecule has 1 N–H and O–H groups in total. The number of benzene rings is 1. The Bertz CT molecular complexity index is 478. The minimum Gasteiger partial charge on any atom is -0.312 e. The number of nitrogens with zero attached hydrogens (tertiary/aromatic N) is 1. The third-order valence-corrected chi connectivity index (χ3v) is 5.41. The van der Waals surface area contributed by atoms with Crippen molar-refractivity contribution < 1.29 is 0 Å². The molecule has 2 nitrogen and oxygen atoms in total. The highest BCUT2D eigenvalue weighted by Gasteiger charge is 2.38. The zero-order valence-corrected chi connectivity index (χ0v) is 14.0. The fourth-order valence-electron chi connectivity index (χ4n) is 4.08. The van der Waals surface area contributed by atoms with Gasteiger partial charge in [-0.3, -0.25) is 4.90 Å². The van der Waals surface area contributed by atoms with Gasteiger partial charge in [0.2, 0.25) is 0 Å². The minimum absolute atomic E-state index is 0.471.